The second-order valence-corrected chi connectivity index (χ2v) is 6.15. The lowest BCUT2D eigenvalue weighted by atomic mass is 10.3. The molecule has 2 N–H and O–H groups in total. The van der Waals surface area contributed by atoms with Crippen molar-refractivity contribution in [3.05, 3.63) is 56.2 Å². The first-order valence-electron chi connectivity index (χ1n) is 7.28. The maximum atomic E-state index is 10.5. The smallest absolute Gasteiger partial charge is 0.290 e. The second kappa shape index (κ2) is 6.81. The number of hydrogen-bond donors (Lipinski definition) is 1. The van der Waals surface area contributed by atoms with E-state index in [0.29, 0.717) is 39.2 Å². The Balaban J connectivity index is 0.000000152. The summed E-state index contributed by atoms with van der Waals surface area (Å²) in [6.45, 7) is 3.45. The Kier molecular flexibility index (Phi) is 4.71. The highest BCUT2D eigenvalue weighted by molar-refractivity contribution is 6.34. The van der Waals surface area contributed by atoms with Crippen LogP contribution in [0.1, 0.15) is 11.8 Å². The average Bonchev–Trinajstić information content (AvgIpc) is 3.07. The highest BCUT2D eigenvalue weighted by atomic mass is 35.5. The van der Waals surface area contributed by atoms with Crippen LogP contribution in [0.4, 0.5) is 11.4 Å². The van der Waals surface area contributed by atoms with Crippen LogP contribution in [0.2, 0.25) is 10.0 Å². The lowest BCUT2D eigenvalue weighted by Gasteiger charge is -1.94. The lowest BCUT2D eigenvalue weighted by molar-refractivity contribution is -0.384. The van der Waals surface area contributed by atoms with E-state index >= 15 is 0 Å². The molecule has 0 saturated carbocycles. The number of anilines is 1. The number of halogens is 2. The van der Waals surface area contributed by atoms with Crippen LogP contribution < -0.4 is 5.73 Å². The molecule has 8 nitrogen and oxygen atoms in total. The Morgan fingerprint density at radius 1 is 0.962 bits per heavy atom. The van der Waals surface area contributed by atoms with Gasteiger partial charge in [0.15, 0.2) is 22.9 Å². The number of benzene rings is 2. The van der Waals surface area contributed by atoms with Crippen molar-refractivity contribution in [2.75, 3.05) is 5.73 Å². The van der Waals surface area contributed by atoms with E-state index in [1.54, 1.807) is 26.0 Å². The molecule has 2 heterocycles. The van der Waals surface area contributed by atoms with E-state index in [-0.39, 0.29) is 10.7 Å². The fraction of sp³-hybridized carbons (Fsp3) is 0.125. The van der Waals surface area contributed by atoms with Crippen molar-refractivity contribution in [2.24, 2.45) is 0 Å². The van der Waals surface area contributed by atoms with Gasteiger partial charge in [0.2, 0.25) is 0 Å². The maximum absolute atomic E-state index is 10.5. The summed E-state index contributed by atoms with van der Waals surface area (Å²) in [5.41, 5.74) is 8.26. The maximum Gasteiger partial charge on any atom is 0.290 e. The van der Waals surface area contributed by atoms with Gasteiger partial charge in [-0.1, -0.05) is 23.2 Å². The van der Waals surface area contributed by atoms with Crippen LogP contribution in [0, 0.1) is 24.0 Å². The fourth-order valence-corrected chi connectivity index (χ4v) is 2.65. The molecule has 0 radical (unpaired) electrons. The van der Waals surface area contributed by atoms with E-state index in [4.69, 9.17) is 37.8 Å². The Morgan fingerprint density at radius 3 is 2.00 bits per heavy atom. The quantitative estimate of drug-likeness (QED) is 0.271. The van der Waals surface area contributed by atoms with Crippen LogP contribution >= 0.6 is 23.2 Å². The van der Waals surface area contributed by atoms with Gasteiger partial charge in [0.1, 0.15) is 16.1 Å². The Hall–Kier alpha value is -2.84. The first-order chi connectivity index (χ1) is 12.2. The van der Waals surface area contributed by atoms with E-state index in [1.165, 1.54) is 12.1 Å². The summed E-state index contributed by atoms with van der Waals surface area (Å²) in [4.78, 5) is 18.1. The van der Waals surface area contributed by atoms with Gasteiger partial charge in [-0.2, -0.15) is 0 Å². The summed E-state index contributed by atoms with van der Waals surface area (Å²) < 4.78 is 10.4. The van der Waals surface area contributed by atoms with Crippen LogP contribution in [0.3, 0.4) is 0 Å². The molecule has 0 aliphatic heterocycles. The molecule has 0 spiro atoms. The van der Waals surface area contributed by atoms with Gasteiger partial charge in [0.05, 0.1) is 15.6 Å². The predicted molar refractivity (Wildman–Crippen MR) is 98.6 cm³/mol. The molecule has 0 aliphatic rings. The summed E-state index contributed by atoms with van der Waals surface area (Å²) in [5, 5.41) is 11.1. The Labute approximate surface area is 156 Å². The number of nitro groups is 1. The number of nitrogen functional groups attached to an aromatic ring is 1. The minimum absolute atomic E-state index is 0.0543. The standard InChI is InChI=1S/C8H5ClN2O3.C8H7ClN2O/c1-4-10-6-3-7(11(12)13)5(9)2-8(6)14-4;1-4-11-7-3-6(10)5(9)2-8(7)12-4/h2-3H,1H3;2-3H,10H2,1H3. The molecule has 0 bridgehead atoms. The molecule has 0 saturated heterocycles. The summed E-state index contributed by atoms with van der Waals surface area (Å²) in [6.07, 6.45) is 0. The number of nitrogens with zero attached hydrogens (tertiary/aromatic N) is 3. The van der Waals surface area contributed by atoms with Gasteiger partial charge < -0.3 is 14.6 Å². The molecule has 0 fully saturated rings. The van der Waals surface area contributed by atoms with Gasteiger partial charge in [-0.25, -0.2) is 9.97 Å². The number of aryl methyl sites for hydroxylation is 2. The van der Waals surface area contributed by atoms with E-state index in [1.807, 2.05) is 0 Å². The molecular formula is C16H12Cl2N4O4. The average molecular weight is 395 g/mol. The first-order valence-corrected chi connectivity index (χ1v) is 8.03. The molecule has 4 rings (SSSR count). The number of nitrogens with two attached hydrogens (primary N) is 1. The van der Waals surface area contributed by atoms with E-state index in [0.717, 1.165) is 5.52 Å². The van der Waals surface area contributed by atoms with Gasteiger partial charge in [-0.15, -0.1) is 0 Å². The van der Waals surface area contributed by atoms with Crippen LogP contribution in [0.25, 0.3) is 22.2 Å². The number of hydrogen-bond acceptors (Lipinski definition) is 7. The summed E-state index contributed by atoms with van der Waals surface area (Å²) in [5.74, 6) is 1.07. The molecule has 0 unspecified atom stereocenters. The molecule has 0 amide bonds. The van der Waals surface area contributed by atoms with Gasteiger partial charge in [0.25, 0.3) is 5.69 Å². The number of rotatable bonds is 1. The Morgan fingerprint density at radius 2 is 1.46 bits per heavy atom. The van der Waals surface area contributed by atoms with Crippen molar-refractivity contribution in [1.29, 1.82) is 0 Å². The lowest BCUT2D eigenvalue weighted by Crippen LogP contribution is -1.88. The third-order valence-electron chi connectivity index (χ3n) is 3.37. The van der Waals surface area contributed by atoms with E-state index in [9.17, 15) is 10.1 Å². The minimum Gasteiger partial charge on any atom is -0.441 e. The van der Waals surface area contributed by atoms with Crippen molar-refractivity contribution >= 4 is 56.8 Å². The third-order valence-corrected chi connectivity index (χ3v) is 4.00. The largest absolute Gasteiger partial charge is 0.441 e. The van der Waals surface area contributed by atoms with E-state index in [2.05, 4.69) is 9.97 Å². The van der Waals surface area contributed by atoms with Crippen LogP contribution in [0.15, 0.2) is 33.1 Å². The SMILES string of the molecule is Cc1nc2cc(N)c(Cl)cc2o1.Cc1nc2cc([N+](=O)[O-])c(Cl)cc2o1. The van der Waals surface area contributed by atoms with Gasteiger partial charge >= 0.3 is 0 Å². The van der Waals surface area contributed by atoms with Crippen molar-refractivity contribution in [1.82, 2.24) is 9.97 Å². The molecule has 0 aliphatic carbocycles. The molecule has 4 aromatic rings. The summed E-state index contributed by atoms with van der Waals surface area (Å²) in [6, 6.07) is 6.07. The Bertz CT molecular complexity index is 1100. The molecule has 134 valence electrons. The zero-order valence-corrected chi connectivity index (χ0v) is 15.1. The number of fused-ring (bicyclic) bond motifs is 2. The molecule has 2 aromatic carbocycles. The van der Waals surface area contributed by atoms with Gasteiger partial charge in [-0.05, 0) is 6.07 Å². The number of aromatic nitrogens is 2. The summed E-state index contributed by atoms with van der Waals surface area (Å²) >= 11 is 11.5. The minimum atomic E-state index is -0.550. The molecule has 10 heteroatoms. The number of nitro benzene ring substituents is 1. The van der Waals surface area contributed by atoms with Crippen LogP contribution in [-0.2, 0) is 0 Å². The topological polar surface area (TPSA) is 121 Å². The first kappa shape index (κ1) is 18.0. The molecule has 2 aromatic heterocycles. The zero-order valence-electron chi connectivity index (χ0n) is 13.6. The summed E-state index contributed by atoms with van der Waals surface area (Å²) in [7, 11) is 0. The van der Waals surface area contributed by atoms with Crippen molar-refractivity contribution in [2.45, 2.75) is 13.8 Å². The van der Waals surface area contributed by atoms with Crippen LogP contribution in [-0.4, -0.2) is 14.9 Å². The van der Waals surface area contributed by atoms with Crippen molar-refractivity contribution in [3.63, 3.8) is 0 Å². The highest BCUT2D eigenvalue weighted by Crippen LogP contribution is 2.29. The van der Waals surface area contributed by atoms with Gasteiger partial charge in [-0.3, -0.25) is 10.1 Å². The molecule has 26 heavy (non-hydrogen) atoms. The highest BCUT2D eigenvalue weighted by Gasteiger charge is 2.16. The predicted octanol–water partition coefficient (Wildman–Crippen LogP) is 5.07. The van der Waals surface area contributed by atoms with Crippen molar-refractivity contribution in [3.8, 4) is 0 Å². The molecule has 0 atom stereocenters. The molecular weight excluding hydrogens is 383 g/mol. The fourth-order valence-electron chi connectivity index (χ4n) is 2.27. The normalized spacial score (nSPS) is 10.8. The third kappa shape index (κ3) is 3.56. The van der Waals surface area contributed by atoms with Crippen LogP contribution in [0.5, 0.6) is 0 Å². The monoisotopic (exact) mass is 394 g/mol. The zero-order chi connectivity index (χ0) is 19.0. The van der Waals surface area contributed by atoms with Gasteiger partial charge in [0, 0.05) is 32.0 Å². The number of oxazole rings is 2. The van der Waals surface area contributed by atoms with Crippen molar-refractivity contribution < 1.29 is 13.8 Å². The van der Waals surface area contributed by atoms with E-state index < -0.39 is 4.92 Å². The second-order valence-electron chi connectivity index (χ2n) is 5.34.